The van der Waals surface area contributed by atoms with Crippen molar-refractivity contribution in [3.8, 4) is 6.07 Å². The Morgan fingerprint density at radius 3 is 2.76 bits per heavy atom. The van der Waals surface area contributed by atoms with E-state index in [9.17, 15) is 0 Å². The van der Waals surface area contributed by atoms with Crippen molar-refractivity contribution >= 4 is 29.2 Å². The molecule has 0 saturated heterocycles. The lowest BCUT2D eigenvalue weighted by Crippen LogP contribution is -2.05. The van der Waals surface area contributed by atoms with Crippen LogP contribution in [0.5, 0.6) is 0 Å². The minimum absolute atomic E-state index is 0.248. The summed E-state index contributed by atoms with van der Waals surface area (Å²) >= 11 is 7.59. The third-order valence-corrected chi connectivity index (χ3v) is 4.17. The first-order chi connectivity index (χ1) is 10.2. The minimum Gasteiger partial charge on any atom is -0.382 e. The number of nitrogen functional groups attached to an aromatic ring is 1. The topological polar surface area (TPSA) is 75.6 Å². The van der Waals surface area contributed by atoms with Gasteiger partial charge in [-0.25, -0.2) is 9.97 Å². The molecule has 0 saturated carbocycles. The van der Waals surface area contributed by atoms with Gasteiger partial charge in [0.1, 0.15) is 17.5 Å². The van der Waals surface area contributed by atoms with E-state index in [0.29, 0.717) is 22.2 Å². The molecule has 2 aromatic rings. The molecule has 4 nitrogen and oxygen atoms in total. The van der Waals surface area contributed by atoms with Gasteiger partial charge in [-0.05, 0) is 18.1 Å². The van der Waals surface area contributed by atoms with Gasteiger partial charge in [0, 0.05) is 10.8 Å². The summed E-state index contributed by atoms with van der Waals surface area (Å²) in [6.45, 7) is 2.04. The maximum absolute atomic E-state index is 9.13. The fraction of sp³-hybridized carbons (Fsp3) is 0.267. The highest BCUT2D eigenvalue weighted by molar-refractivity contribution is 7.98. The van der Waals surface area contributed by atoms with Crippen molar-refractivity contribution in [3.63, 3.8) is 0 Å². The summed E-state index contributed by atoms with van der Waals surface area (Å²) < 4.78 is 0. The second kappa shape index (κ2) is 7.30. The predicted molar refractivity (Wildman–Crippen MR) is 86.2 cm³/mol. The number of aryl methyl sites for hydroxylation is 1. The molecule has 2 N–H and O–H groups in total. The van der Waals surface area contributed by atoms with Crippen LogP contribution in [0.3, 0.4) is 0 Å². The van der Waals surface area contributed by atoms with Crippen LogP contribution in [-0.2, 0) is 12.2 Å². The number of anilines is 1. The number of rotatable bonds is 5. The molecular formula is C15H15ClN4S. The van der Waals surface area contributed by atoms with Gasteiger partial charge in [0.05, 0.1) is 5.69 Å². The first-order valence-electron chi connectivity index (χ1n) is 6.58. The van der Waals surface area contributed by atoms with Crippen molar-refractivity contribution in [3.05, 3.63) is 46.1 Å². The summed E-state index contributed by atoms with van der Waals surface area (Å²) in [5.41, 5.74) is 7.97. The quantitative estimate of drug-likeness (QED) is 0.669. The van der Waals surface area contributed by atoms with E-state index in [2.05, 4.69) is 16.0 Å². The van der Waals surface area contributed by atoms with Crippen molar-refractivity contribution in [2.75, 3.05) is 5.73 Å². The molecule has 0 aliphatic rings. The molecule has 0 radical (unpaired) electrons. The Bertz CT molecular complexity index is 682. The Labute approximate surface area is 133 Å². The average Bonchev–Trinajstić information content (AvgIpc) is 2.47. The maximum Gasteiger partial charge on any atom is 0.190 e. The monoisotopic (exact) mass is 318 g/mol. The van der Waals surface area contributed by atoms with Gasteiger partial charge >= 0.3 is 0 Å². The van der Waals surface area contributed by atoms with Gasteiger partial charge in [-0.15, -0.1) is 0 Å². The Morgan fingerprint density at radius 1 is 1.33 bits per heavy atom. The van der Waals surface area contributed by atoms with E-state index in [-0.39, 0.29) is 5.82 Å². The van der Waals surface area contributed by atoms with E-state index in [4.69, 9.17) is 22.6 Å². The molecule has 1 aromatic carbocycles. The van der Waals surface area contributed by atoms with Gasteiger partial charge in [0.25, 0.3) is 0 Å². The SMILES string of the molecule is CCCc1nc(SCc2ccccc2Cl)nc(N)c1C#N. The summed E-state index contributed by atoms with van der Waals surface area (Å²) in [6, 6.07) is 9.74. The lowest BCUT2D eigenvalue weighted by atomic mass is 10.1. The van der Waals surface area contributed by atoms with Gasteiger partial charge < -0.3 is 5.73 Å². The largest absolute Gasteiger partial charge is 0.382 e. The summed E-state index contributed by atoms with van der Waals surface area (Å²) in [5.74, 6) is 0.911. The smallest absolute Gasteiger partial charge is 0.190 e. The lowest BCUT2D eigenvalue weighted by Gasteiger charge is -2.08. The molecule has 1 aromatic heterocycles. The number of nitriles is 1. The van der Waals surface area contributed by atoms with E-state index >= 15 is 0 Å². The molecule has 6 heteroatoms. The number of nitrogens with zero attached hydrogens (tertiary/aromatic N) is 3. The zero-order valence-corrected chi connectivity index (χ0v) is 13.2. The van der Waals surface area contributed by atoms with Crippen LogP contribution in [-0.4, -0.2) is 9.97 Å². The number of benzene rings is 1. The van der Waals surface area contributed by atoms with Crippen molar-refractivity contribution < 1.29 is 0 Å². The summed E-state index contributed by atoms with van der Waals surface area (Å²) in [6.07, 6.45) is 1.62. The molecule has 1 heterocycles. The molecular weight excluding hydrogens is 304 g/mol. The highest BCUT2D eigenvalue weighted by Crippen LogP contribution is 2.26. The number of thioether (sulfide) groups is 1. The van der Waals surface area contributed by atoms with E-state index in [1.54, 1.807) is 0 Å². The van der Waals surface area contributed by atoms with E-state index < -0.39 is 0 Å². The Kier molecular flexibility index (Phi) is 5.43. The Hall–Kier alpha value is -1.77. The molecule has 0 atom stereocenters. The number of nitrogens with two attached hydrogens (primary N) is 1. The average molecular weight is 319 g/mol. The van der Waals surface area contributed by atoms with Gasteiger partial charge in [0.2, 0.25) is 0 Å². The van der Waals surface area contributed by atoms with Crippen molar-refractivity contribution in [1.82, 2.24) is 9.97 Å². The van der Waals surface area contributed by atoms with E-state index in [0.717, 1.165) is 23.4 Å². The fourth-order valence-electron chi connectivity index (χ4n) is 1.86. The third kappa shape index (κ3) is 3.87. The number of hydrogen-bond acceptors (Lipinski definition) is 5. The van der Waals surface area contributed by atoms with Gasteiger partial charge in [-0.2, -0.15) is 5.26 Å². The second-order valence-corrected chi connectivity index (χ2v) is 5.80. The van der Waals surface area contributed by atoms with Gasteiger partial charge in [-0.3, -0.25) is 0 Å². The molecule has 0 aliphatic heterocycles. The number of halogens is 1. The van der Waals surface area contributed by atoms with Crippen LogP contribution >= 0.6 is 23.4 Å². The maximum atomic E-state index is 9.13. The molecule has 108 valence electrons. The highest BCUT2D eigenvalue weighted by atomic mass is 35.5. The molecule has 0 spiro atoms. The summed E-state index contributed by atoms with van der Waals surface area (Å²) in [4.78, 5) is 8.64. The molecule has 2 rings (SSSR count). The lowest BCUT2D eigenvalue weighted by molar-refractivity contribution is 0.826. The zero-order valence-electron chi connectivity index (χ0n) is 11.6. The van der Waals surface area contributed by atoms with E-state index in [1.165, 1.54) is 11.8 Å². The van der Waals surface area contributed by atoms with Crippen LogP contribution in [0.25, 0.3) is 0 Å². The molecule has 0 amide bonds. The van der Waals surface area contributed by atoms with Crippen LogP contribution in [0.4, 0.5) is 5.82 Å². The molecule has 0 fully saturated rings. The normalized spacial score (nSPS) is 10.3. The highest BCUT2D eigenvalue weighted by Gasteiger charge is 2.12. The molecule has 0 unspecified atom stereocenters. The number of hydrogen-bond donors (Lipinski definition) is 1. The minimum atomic E-state index is 0.248. The molecule has 0 bridgehead atoms. The van der Waals surface area contributed by atoms with E-state index in [1.807, 2.05) is 31.2 Å². The zero-order chi connectivity index (χ0) is 15.2. The van der Waals surface area contributed by atoms with Crippen LogP contribution in [0.2, 0.25) is 5.02 Å². The first-order valence-corrected chi connectivity index (χ1v) is 7.94. The van der Waals surface area contributed by atoms with Gasteiger partial charge in [0.15, 0.2) is 5.16 Å². The Balaban J connectivity index is 2.21. The second-order valence-electron chi connectivity index (χ2n) is 4.46. The standard InChI is InChI=1S/C15H15ClN4S/c1-2-5-13-11(8-17)14(18)20-15(19-13)21-9-10-6-3-4-7-12(10)16/h3-4,6-7H,2,5,9H2,1H3,(H2,18,19,20). The van der Waals surface area contributed by atoms with Crippen LogP contribution < -0.4 is 5.73 Å². The fourth-order valence-corrected chi connectivity index (χ4v) is 3.02. The number of aromatic nitrogens is 2. The van der Waals surface area contributed by atoms with Crippen molar-refractivity contribution in [1.29, 1.82) is 5.26 Å². The van der Waals surface area contributed by atoms with Crippen LogP contribution in [0, 0.1) is 11.3 Å². The molecule has 21 heavy (non-hydrogen) atoms. The van der Waals surface area contributed by atoms with Gasteiger partial charge in [-0.1, -0.05) is 54.9 Å². The van der Waals surface area contributed by atoms with Crippen LogP contribution in [0.15, 0.2) is 29.4 Å². The van der Waals surface area contributed by atoms with Crippen molar-refractivity contribution in [2.24, 2.45) is 0 Å². The Morgan fingerprint density at radius 2 is 2.10 bits per heavy atom. The first kappa shape index (κ1) is 15.6. The summed E-state index contributed by atoms with van der Waals surface area (Å²) in [5, 5.41) is 10.4. The molecule has 0 aliphatic carbocycles. The predicted octanol–water partition coefficient (Wildman–Crippen LogP) is 3.83. The summed E-state index contributed by atoms with van der Waals surface area (Å²) in [7, 11) is 0. The third-order valence-electron chi connectivity index (χ3n) is 2.90. The van der Waals surface area contributed by atoms with Crippen molar-refractivity contribution in [2.45, 2.75) is 30.7 Å². The van der Waals surface area contributed by atoms with Crippen LogP contribution in [0.1, 0.15) is 30.2 Å².